The number of anilines is 1. The van der Waals surface area contributed by atoms with Gasteiger partial charge >= 0.3 is 0 Å². The van der Waals surface area contributed by atoms with Crippen LogP contribution in [0.1, 0.15) is 51.4 Å². The number of nitrogens with zero attached hydrogens (tertiary/aromatic N) is 3. The first-order valence-electron chi connectivity index (χ1n) is 11.2. The third-order valence-corrected chi connectivity index (χ3v) is 7.01. The molecule has 2 saturated heterocycles. The quantitative estimate of drug-likeness (QED) is 0.766. The molecule has 4 nitrogen and oxygen atoms in total. The maximum Gasteiger partial charge on any atom is 0.222 e. The lowest BCUT2D eigenvalue weighted by atomic mass is 9.99. The Morgan fingerprint density at radius 2 is 1.64 bits per heavy atom. The van der Waals surface area contributed by atoms with Crippen molar-refractivity contribution >= 4 is 11.6 Å². The van der Waals surface area contributed by atoms with Gasteiger partial charge in [0.1, 0.15) is 5.82 Å². The van der Waals surface area contributed by atoms with Gasteiger partial charge in [0.05, 0.1) is 0 Å². The van der Waals surface area contributed by atoms with Crippen LogP contribution in [0.15, 0.2) is 24.3 Å². The Morgan fingerprint density at radius 3 is 2.36 bits per heavy atom. The van der Waals surface area contributed by atoms with E-state index in [4.69, 9.17) is 0 Å². The molecule has 3 aliphatic rings. The molecule has 5 heteroatoms. The second kappa shape index (κ2) is 9.25. The summed E-state index contributed by atoms with van der Waals surface area (Å²) in [5, 5.41) is 0. The van der Waals surface area contributed by atoms with E-state index >= 15 is 0 Å². The van der Waals surface area contributed by atoms with Crippen molar-refractivity contribution < 1.29 is 9.18 Å². The standard InChI is InChI=1S/C23H34FN3O/c24-20-8-10-21(11-9-20)25-14-16-26(17-15-25)22-6-3-13-27(18-22)23(28)12-7-19-4-1-2-5-19/h8-11,19,22H,1-7,12-18H2. The van der Waals surface area contributed by atoms with E-state index in [1.807, 2.05) is 12.1 Å². The molecule has 1 atom stereocenters. The summed E-state index contributed by atoms with van der Waals surface area (Å²) in [7, 11) is 0. The Hall–Kier alpha value is -1.62. The molecule has 0 aromatic heterocycles. The van der Waals surface area contributed by atoms with Crippen molar-refractivity contribution in [3.05, 3.63) is 30.1 Å². The summed E-state index contributed by atoms with van der Waals surface area (Å²) in [4.78, 5) is 19.8. The van der Waals surface area contributed by atoms with Crippen LogP contribution in [0.3, 0.4) is 0 Å². The highest BCUT2D eigenvalue weighted by atomic mass is 19.1. The molecule has 1 aliphatic carbocycles. The minimum absolute atomic E-state index is 0.178. The molecule has 4 rings (SSSR count). The van der Waals surface area contributed by atoms with Gasteiger partial charge in [-0.25, -0.2) is 4.39 Å². The van der Waals surface area contributed by atoms with Crippen LogP contribution in [0.25, 0.3) is 0 Å². The molecule has 2 aliphatic heterocycles. The minimum Gasteiger partial charge on any atom is -0.369 e. The summed E-state index contributed by atoms with van der Waals surface area (Å²) in [6.45, 7) is 5.82. The highest BCUT2D eigenvalue weighted by molar-refractivity contribution is 5.76. The van der Waals surface area contributed by atoms with Crippen LogP contribution < -0.4 is 4.90 Å². The van der Waals surface area contributed by atoms with Gasteiger partial charge in [0, 0.05) is 57.4 Å². The third kappa shape index (κ3) is 4.86. The minimum atomic E-state index is -0.178. The summed E-state index contributed by atoms with van der Waals surface area (Å²) < 4.78 is 13.1. The first kappa shape index (κ1) is 19.7. The van der Waals surface area contributed by atoms with E-state index in [0.717, 1.165) is 70.1 Å². The third-order valence-electron chi connectivity index (χ3n) is 7.01. The van der Waals surface area contributed by atoms with E-state index in [2.05, 4.69) is 14.7 Å². The fourth-order valence-corrected chi connectivity index (χ4v) is 5.26. The van der Waals surface area contributed by atoms with Gasteiger partial charge in [0.25, 0.3) is 0 Å². The molecule has 1 aromatic carbocycles. The summed E-state index contributed by atoms with van der Waals surface area (Å²) in [6, 6.07) is 7.32. The molecular formula is C23H34FN3O. The molecule has 3 fully saturated rings. The fraction of sp³-hybridized carbons (Fsp3) is 0.696. The van der Waals surface area contributed by atoms with Crippen LogP contribution in [0, 0.1) is 11.7 Å². The number of likely N-dealkylation sites (tertiary alicyclic amines) is 1. The Labute approximate surface area is 168 Å². The number of benzene rings is 1. The maximum atomic E-state index is 13.1. The largest absolute Gasteiger partial charge is 0.369 e. The number of carbonyl (C=O) groups is 1. The van der Waals surface area contributed by atoms with Crippen molar-refractivity contribution in [3.8, 4) is 0 Å². The lowest BCUT2D eigenvalue weighted by Gasteiger charge is -2.44. The molecule has 1 amide bonds. The Morgan fingerprint density at radius 1 is 0.929 bits per heavy atom. The van der Waals surface area contributed by atoms with Gasteiger partial charge in [-0.05, 0) is 49.4 Å². The van der Waals surface area contributed by atoms with E-state index in [1.165, 1.54) is 44.2 Å². The summed E-state index contributed by atoms with van der Waals surface area (Å²) in [5.41, 5.74) is 1.11. The van der Waals surface area contributed by atoms with Gasteiger partial charge in [-0.1, -0.05) is 25.7 Å². The normalized spacial score (nSPS) is 24.7. The lowest BCUT2D eigenvalue weighted by molar-refractivity contribution is -0.133. The highest BCUT2D eigenvalue weighted by Gasteiger charge is 2.30. The second-order valence-electron chi connectivity index (χ2n) is 8.82. The first-order chi connectivity index (χ1) is 13.7. The zero-order valence-electron chi connectivity index (χ0n) is 17.0. The van der Waals surface area contributed by atoms with Gasteiger partial charge in [-0.3, -0.25) is 9.69 Å². The summed E-state index contributed by atoms with van der Waals surface area (Å²) in [6.07, 6.45) is 9.53. The molecule has 0 bridgehead atoms. The van der Waals surface area contributed by atoms with Crippen molar-refractivity contribution in [1.82, 2.24) is 9.80 Å². The molecule has 0 spiro atoms. The SMILES string of the molecule is O=C(CCC1CCCC1)N1CCCC(N2CCN(c3ccc(F)cc3)CC2)C1. The molecule has 1 saturated carbocycles. The Bertz CT molecular complexity index is 636. The summed E-state index contributed by atoms with van der Waals surface area (Å²) >= 11 is 0. The van der Waals surface area contributed by atoms with Crippen LogP contribution >= 0.6 is 0 Å². The van der Waals surface area contributed by atoms with Crippen LogP contribution in [-0.2, 0) is 4.79 Å². The van der Waals surface area contributed by atoms with Crippen LogP contribution in [0.4, 0.5) is 10.1 Å². The number of rotatable bonds is 5. The van der Waals surface area contributed by atoms with Crippen LogP contribution in [0.5, 0.6) is 0 Å². The molecule has 28 heavy (non-hydrogen) atoms. The van der Waals surface area contributed by atoms with E-state index in [0.29, 0.717) is 11.9 Å². The number of amides is 1. The zero-order valence-corrected chi connectivity index (χ0v) is 17.0. The predicted molar refractivity (Wildman–Crippen MR) is 111 cm³/mol. The van der Waals surface area contributed by atoms with Gasteiger partial charge < -0.3 is 9.80 Å². The lowest BCUT2D eigenvalue weighted by Crippen LogP contribution is -2.55. The Kier molecular flexibility index (Phi) is 6.50. The monoisotopic (exact) mass is 387 g/mol. The molecule has 1 unspecified atom stereocenters. The van der Waals surface area contributed by atoms with Gasteiger partial charge in [-0.2, -0.15) is 0 Å². The number of hydrogen-bond acceptors (Lipinski definition) is 3. The van der Waals surface area contributed by atoms with Crippen LogP contribution in [0.2, 0.25) is 0 Å². The van der Waals surface area contributed by atoms with E-state index < -0.39 is 0 Å². The second-order valence-corrected chi connectivity index (χ2v) is 8.82. The Balaban J connectivity index is 1.24. The average Bonchev–Trinajstić information content (AvgIpc) is 3.26. The van der Waals surface area contributed by atoms with Crippen molar-refractivity contribution in [1.29, 1.82) is 0 Å². The molecule has 0 radical (unpaired) electrons. The van der Waals surface area contributed by atoms with E-state index in [1.54, 1.807) is 0 Å². The van der Waals surface area contributed by atoms with Crippen molar-refractivity contribution in [2.24, 2.45) is 5.92 Å². The molecule has 154 valence electrons. The van der Waals surface area contributed by atoms with Gasteiger partial charge in [-0.15, -0.1) is 0 Å². The van der Waals surface area contributed by atoms with Crippen molar-refractivity contribution in [3.63, 3.8) is 0 Å². The van der Waals surface area contributed by atoms with E-state index in [9.17, 15) is 9.18 Å². The molecule has 1 aromatic rings. The van der Waals surface area contributed by atoms with E-state index in [-0.39, 0.29) is 5.82 Å². The molecule has 2 heterocycles. The molecule has 0 N–H and O–H groups in total. The number of piperazine rings is 1. The van der Waals surface area contributed by atoms with Gasteiger partial charge in [0.2, 0.25) is 5.91 Å². The molecular weight excluding hydrogens is 353 g/mol. The first-order valence-corrected chi connectivity index (χ1v) is 11.2. The zero-order chi connectivity index (χ0) is 19.3. The smallest absolute Gasteiger partial charge is 0.222 e. The summed E-state index contributed by atoms with van der Waals surface area (Å²) in [5.74, 6) is 0.993. The fourth-order valence-electron chi connectivity index (χ4n) is 5.26. The number of halogens is 1. The van der Waals surface area contributed by atoms with Crippen molar-refractivity contribution in [2.45, 2.75) is 57.4 Å². The number of hydrogen-bond donors (Lipinski definition) is 0. The topological polar surface area (TPSA) is 26.8 Å². The number of piperidine rings is 1. The number of carbonyl (C=O) groups excluding carboxylic acids is 1. The average molecular weight is 388 g/mol. The predicted octanol–water partition coefficient (Wildman–Crippen LogP) is 3.91. The van der Waals surface area contributed by atoms with Gasteiger partial charge in [0.15, 0.2) is 0 Å². The van der Waals surface area contributed by atoms with Crippen molar-refractivity contribution in [2.75, 3.05) is 44.2 Å². The maximum absolute atomic E-state index is 13.1. The highest BCUT2D eigenvalue weighted by Crippen LogP contribution is 2.29. The van der Waals surface area contributed by atoms with Crippen LogP contribution in [-0.4, -0.2) is 61.0 Å².